The summed E-state index contributed by atoms with van der Waals surface area (Å²) in [7, 11) is 1.72. The van der Waals surface area contributed by atoms with E-state index < -0.39 is 6.17 Å². The van der Waals surface area contributed by atoms with Gasteiger partial charge in [0.05, 0.1) is 7.11 Å². The van der Waals surface area contributed by atoms with Crippen LogP contribution in [-0.4, -0.2) is 37.9 Å². The number of anilines is 1. The molecule has 0 saturated carbocycles. The van der Waals surface area contributed by atoms with Gasteiger partial charge in [-0.25, -0.2) is 9.37 Å². The van der Waals surface area contributed by atoms with E-state index in [9.17, 15) is 4.39 Å². The lowest BCUT2D eigenvalue weighted by Crippen LogP contribution is -2.19. The molecule has 0 bridgehead atoms. The molecule has 2 unspecified atom stereocenters. The summed E-state index contributed by atoms with van der Waals surface area (Å²) in [6, 6.07) is 2.06. The second-order valence-corrected chi connectivity index (χ2v) is 6.69. The molecular formula is C18H28FN3O. The number of hydrogen-bond acceptors (Lipinski definition) is 4. The average molecular weight is 321 g/mol. The molecule has 1 aromatic rings. The van der Waals surface area contributed by atoms with Gasteiger partial charge in [0, 0.05) is 36.3 Å². The number of alkyl halides is 1. The van der Waals surface area contributed by atoms with Crippen LogP contribution in [0.3, 0.4) is 0 Å². The van der Waals surface area contributed by atoms with Gasteiger partial charge in [-0.05, 0) is 45.1 Å². The number of aryl methyl sites for hydroxylation is 1. The highest BCUT2D eigenvalue weighted by Crippen LogP contribution is 2.30. The molecule has 2 atom stereocenters. The van der Waals surface area contributed by atoms with E-state index >= 15 is 0 Å². The van der Waals surface area contributed by atoms with Crippen molar-refractivity contribution in [2.75, 3.05) is 32.1 Å². The Morgan fingerprint density at radius 3 is 3.09 bits per heavy atom. The van der Waals surface area contributed by atoms with Crippen molar-refractivity contribution < 1.29 is 9.13 Å². The molecule has 0 radical (unpaired) electrons. The Hall–Kier alpha value is -1.36. The predicted molar refractivity (Wildman–Crippen MR) is 91.0 cm³/mol. The topological polar surface area (TPSA) is 46.2 Å². The zero-order valence-corrected chi connectivity index (χ0v) is 14.0. The fourth-order valence-electron chi connectivity index (χ4n) is 3.64. The molecule has 128 valence electrons. The van der Waals surface area contributed by atoms with Crippen LogP contribution in [-0.2, 0) is 12.8 Å². The SMILES string of the molecule is COc1cc(CCCCC(F)C2CCNC2)nc2c1CCCN2. The summed E-state index contributed by atoms with van der Waals surface area (Å²) in [5.74, 6) is 2.14. The van der Waals surface area contributed by atoms with Crippen LogP contribution in [0, 0.1) is 5.92 Å². The molecule has 1 aromatic heterocycles. The van der Waals surface area contributed by atoms with E-state index in [4.69, 9.17) is 9.72 Å². The number of ether oxygens (including phenoxy) is 1. The zero-order valence-electron chi connectivity index (χ0n) is 14.0. The van der Waals surface area contributed by atoms with Crippen molar-refractivity contribution in [2.24, 2.45) is 5.92 Å². The lowest BCUT2D eigenvalue weighted by atomic mass is 9.97. The third-order valence-electron chi connectivity index (χ3n) is 5.03. The van der Waals surface area contributed by atoms with Gasteiger partial charge in [-0.1, -0.05) is 6.42 Å². The molecule has 1 fully saturated rings. The minimum Gasteiger partial charge on any atom is -0.496 e. The van der Waals surface area contributed by atoms with Gasteiger partial charge in [0.2, 0.25) is 0 Å². The highest BCUT2D eigenvalue weighted by molar-refractivity contribution is 5.54. The first kappa shape index (κ1) is 16.5. The molecule has 0 aromatic carbocycles. The minimum atomic E-state index is -0.655. The second kappa shape index (κ2) is 7.95. The number of rotatable bonds is 7. The molecule has 2 aliphatic heterocycles. The van der Waals surface area contributed by atoms with Gasteiger partial charge in [-0.15, -0.1) is 0 Å². The highest BCUT2D eigenvalue weighted by atomic mass is 19.1. The smallest absolute Gasteiger partial charge is 0.133 e. The Labute approximate surface area is 138 Å². The van der Waals surface area contributed by atoms with E-state index in [0.29, 0.717) is 6.42 Å². The van der Waals surface area contributed by atoms with Gasteiger partial charge < -0.3 is 15.4 Å². The summed E-state index contributed by atoms with van der Waals surface area (Å²) in [6.45, 7) is 2.79. The van der Waals surface area contributed by atoms with Crippen molar-refractivity contribution >= 4 is 5.82 Å². The van der Waals surface area contributed by atoms with Crippen LogP contribution in [0.15, 0.2) is 6.07 Å². The summed E-state index contributed by atoms with van der Waals surface area (Å²) in [5, 5.41) is 6.61. The van der Waals surface area contributed by atoms with Crippen LogP contribution in [0.4, 0.5) is 10.2 Å². The monoisotopic (exact) mass is 321 g/mol. The fraction of sp³-hybridized carbons (Fsp3) is 0.722. The molecule has 0 aliphatic carbocycles. The quantitative estimate of drug-likeness (QED) is 0.758. The maximum absolute atomic E-state index is 14.1. The van der Waals surface area contributed by atoms with Crippen LogP contribution in [0.2, 0.25) is 0 Å². The number of pyridine rings is 1. The lowest BCUT2D eigenvalue weighted by molar-refractivity contribution is 0.221. The van der Waals surface area contributed by atoms with Crippen molar-refractivity contribution in [1.29, 1.82) is 0 Å². The first-order valence-corrected chi connectivity index (χ1v) is 8.93. The highest BCUT2D eigenvalue weighted by Gasteiger charge is 2.24. The van der Waals surface area contributed by atoms with E-state index in [0.717, 1.165) is 75.4 Å². The number of fused-ring (bicyclic) bond motifs is 1. The lowest BCUT2D eigenvalue weighted by Gasteiger charge is -2.20. The minimum absolute atomic E-state index is 0.223. The molecule has 3 rings (SSSR count). The first-order chi connectivity index (χ1) is 11.3. The molecule has 4 nitrogen and oxygen atoms in total. The summed E-state index contributed by atoms with van der Waals surface area (Å²) in [6.07, 6.45) is 5.94. The van der Waals surface area contributed by atoms with E-state index in [1.807, 2.05) is 0 Å². The van der Waals surface area contributed by atoms with Crippen molar-refractivity contribution in [3.8, 4) is 5.75 Å². The molecule has 0 amide bonds. The van der Waals surface area contributed by atoms with Crippen LogP contribution in [0.25, 0.3) is 0 Å². The Balaban J connectivity index is 1.50. The van der Waals surface area contributed by atoms with Crippen LogP contribution in [0.5, 0.6) is 5.75 Å². The van der Waals surface area contributed by atoms with E-state index in [2.05, 4.69) is 16.7 Å². The Morgan fingerprint density at radius 1 is 1.39 bits per heavy atom. The Morgan fingerprint density at radius 2 is 2.30 bits per heavy atom. The largest absolute Gasteiger partial charge is 0.496 e. The van der Waals surface area contributed by atoms with Crippen molar-refractivity contribution in [3.63, 3.8) is 0 Å². The van der Waals surface area contributed by atoms with Gasteiger partial charge in [0.15, 0.2) is 0 Å². The maximum atomic E-state index is 14.1. The van der Waals surface area contributed by atoms with Crippen LogP contribution in [0.1, 0.15) is 43.4 Å². The van der Waals surface area contributed by atoms with Crippen LogP contribution < -0.4 is 15.4 Å². The average Bonchev–Trinajstić information content (AvgIpc) is 3.12. The number of nitrogens with one attached hydrogen (secondary N) is 2. The standard InChI is InChI=1S/C18H28FN3O/c1-23-17-11-14(22-18-15(17)6-4-9-21-18)5-2-3-7-16(19)13-8-10-20-12-13/h11,13,16,20H,2-10,12H2,1H3,(H,21,22). The third kappa shape index (κ3) is 4.14. The van der Waals surface area contributed by atoms with E-state index in [-0.39, 0.29) is 5.92 Å². The Kier molecular flexibility index (Phi) is 5.70. The van der Waals surface area contributed by atoms with Crippen molar-refractivity contribution in [2.45, 2.75) is 51.1 Å². The molecule has 3 heterocycles. The molecule has 23 heavy (non-hydrogen) atoms. The molecule has 0 spiro atoms. The third-order valence-corrected chi connectivity index (χ3v) is 5.03. The summed E-state index contributed by atoms with van der Waals surface area (Å²) < 4.78 is 19.6. The van der Waals surface area contributed by atoms with Crippen molar-refractivity contribution in [3.05, 3.63) is 17.3 Å². The van der Waals surface area contributed by atoms with Gasteiger partial charge in [-0.3, -0.25) is 0 Å². The molecular weight excluding hydrogens is 293 g/mol. The number of aromatic nitrogens is 1. The summed E-state index contributed by atoms with van der Waals surface area (Å²) >= 11 is 0. The number of unbranched alkanes of at least 4 members (excludes halogenated alkanes) is 1. The predicted octanol–water partition coefficient (Wildman–Crippen LogP) is 3.11. The normalized spacial score (nSPS) is 21.6. The second-order valence-electron chi connectivity index (χ2n) is 6.69. The molecule has 2 N–H and O–H groups in total. The van der Waals surface area contributed by atoms with Gasteiger partial charge in [0.1, 0.15) is 17.7 Å². The van der Waals surface area contributed by atoms with Gasteiger partial charge in [-0.2, -0.15) is 0 Å². The molecule has 2 aliphatic rings. The van der Waals surface area contributed by atoms with Gasteiger partial charge >= 0.3 is 0 Å². The van der Waals surface area contributed by atoms with E-state index in [1.54, 1.807) is 7.11 Å². The number of methoxy groups -OCH3 is 1. The number of halogens is 1. The summed E-state index contributed by atoms with van der Waals surface area (Å²) in [4.78, 5) is 4.72. The number of nitrogens with zero attached hydrogens (tertiary/aromatic N) is 1. The molecule has 5 heteroatoms. The maximum Gasteiger partial charge on any atom is 0.133 e. The van der Waals surface area contributed by atoms with Crippen molar-refractivity contribution in [1.82, 2.24) is 10.3 Å². The van der Waals surface area contributed by atoms with E-state index in [1.165, 1.54) is 5.56 Å². The zero-order chi connectivity index (χ0) is 16.1. The van der Waals surface area contributed by atoms with Gasteiger partial charge in [0.25, 0.3) is 0 Å². The molecule has 1 saturated heterocycles. The Bertz CT molecular complexity index is 500. The first-order valence-electron chi connectivity index (χ1n) is 8.93. The summed E-state index contributed by atoms with van der Waals surface area (Å²) in [5.41, 5.74) is 2.24. The van der Waals surface area contributed by atoms with Crippen LogP contribution >= 0.6 is 0 Å². The fourth-order valence-corrected chi connectivity index (χ4v) is 3.64. The number of hydrogen-bond donors (Lipinski definition) is 2.